The van der Waals surface area contributed by atoms with Gasteiger partial charge in [0.2, 0.25) is 5.91 Å². The van der Waals surface area contributed by atoms with E-state index in [4.69, 9.17) is 0 Å². The maximum atomic E-state index is 13.8. The summed E-state index contributed by atoms with van der Waals surface area (Å²) >= 11 is 0.795. The van der Waals surface area contributed by atoms with Crippen molar-refractivity contribution in [2.45, 2.75) is 26.3 Å². The smallest absolute Gasteiger partial charge is 0.294 e. The Morgan fingerprint density at radius 3 is 2.62 bits per heavy atom. The number of carbonyl (C=O) groups is 3. The van der Waals surface area contributed by atoms with Crippen LogP contribution in [0.5, 0.6) is 0 Å². The number of benzene rings is 2. The van der Waals surface area contributed by atoms with Crippen molar-refractivity contribution in [1.82, 2.24) is 9.47 Å². The summed E-state index contributed by atoms with van der Waals surface area (Å²) in [5.74, 6) is -1.77. The lowest BCUT2D eigenvalue weighted by Crippen LogP contribution is -2.36. The van der Waals surface area contributed by atoms with E-state index >= 15 is 0 Å². The van der Waals surface area contributed by atoms with Gasteiger partial charge in [-0.05, 0) is 49.4 Å². The van der Waals surface area contributed by atoms with Crippen LogP contribution in [-0.2, 0) is 9.59 Å². The molecule has 0 saturated carbocycles. The van der Waals surface area contributed by atoms with Crippen molar-refractivity contribution >= 4 is 51.5 Å². The Balaban J connectivity index is 1.57. The van der Waals surface area contributed by atoms with Gasteiger partial charge in [-0.3, -0.25) is 19.3 Å². The number of fused-ring (bicyclic) bond motifs is 1. The van der Waals surface area contributed by atoms with E-state index in [2.05, 4.69) is 23.7 Å². The molecule has 0 bridgehead atoms. The molecule has 32 heavy (non-hydrogen) atoms. The molecule has 6 nitrogen and oxygen atoms in total. The predicted octanol–water partition coefficient (Wildman–Crippen LogP) is 5.43. The number of halogens is 1. The summed E-state index contributed by atoms with van der Waals surface area (Å²) in [6.45, 7) is 3.75. The Kier molecular flexibility index (Phi) is 6.14. The highest BCUT2D eigenvalue weighted by Gasteiger charge is 2.36. The molecule has 2 heterocycles. The van der Waals surface area contributed by atoms with Gasteiger partial charge in [-0.2, -0.15) is 0 Å². The minimum Gasteiger partial charge on any atom is -0.344 e. The second-order valence-corrected chi connectivity index (χ2v) is 8.56. The number of amides is 3. The molecule has 3 amide bonds. The van der Waals surface area contributed by atoms with Crippen LogP contribution in [0.3, 0.4) is 0 Å². The highest BCUT2D eigenvalue weighted by molar-refractivity contribution is 8.18. The molecule has 1 aliphatic rings. The number of nitrogens with zero attached hydrogens (tertiary/aromatic N) is 2. The molecular weight excluding hydrogens is 429 g/mol. The van der Waals surface area contributed by atoms with Crippen molar-refractivity contribution in [3.8, 4) is 0 Å². The maximum Gasteiger partial charge on any atom is 0.294 e. The lowest BCUT2D eigenvalue weighted by Gasteiger charge is -2.12. The number of rotatable bonds is 6. The molecule has 0 aliphatic carbocycles. The second-order valence-electron chi connectivity index (χ2n) is 7.56. The van der Waals surface area contributed by atoms with Crippen molar-refractivity contribution in [2.24, 2.45) is 0 Å². The van der Waals surface area contributed by atoms with Gasteiger partial charge >= 0.3 is 0 Å². The monoisotopic (exact) mass is 451 g/mol. The molecule has 0 spiro atoms. The molecular formula is C24H22FN3O3S. The molecule has 0 unspecified atom stereocenters. The van der Waals surface area contributed by atoms with Gasteiger partial charge in [0.25, 0.3) is 11.1 Å². The van der Waals surface area contributed by atoms with Crippen LogP contribution in [0.25, 0.3) is 17.0 Å². The first kappa shape index (κ1) is 21.8. The fourth-order valence-electron chi connectivity index (χ4n) is 3.58. The Hall–Kier alpha value is -3.39. The number of hydrogen-bond donors (Lipinski definition) is 1. The number of anilines is 1. The summed E-state index contributed by atoms with van der Waals surface area (Å²) in [4.78, 5) is 38.7. The largest absolute Gasteiger partial charge is 0.344 e. The number of carbonyl (C=O) groups excluding carboxylic acids is 3. The minimum atomic E-state index is -0.646. The van der Waals surface area contributed by atoms with Crippen LogP contribution in [0.2, 0.25) is 0 Å². The first-order valence-corrected chi connectivity index (χ1v) is 11.1. The SMILES string of the molecule is CC[C@H](C)n1cc(/C=C2\SC(=O)N(CC(=O)Nc3ccccc3F)C2=O)c2ccccc21. The fraction of sp³-hybridized carbons (Fsp3) is 0.208. The number of imide groups is 1. The molecule has 164 valence electrons. The average Bonchev–Trinajstić information content (AvgIpc) is 3.28. The number of hydrogen-bond acceptors (Lipinski definition) is 4. The van der Waals surface area contributed by atoms with Gasteiger partial charge < -0.3 is 9.88 Å². The third-order valence-electron chi connectivity index (χ3n) is 5.45. The molecule has 1 atom stereocenters. The van der Waals surface area contributed by atoms with Crippen molar-refractivity contribution in [2.75, 3.05) is 11.9 Å². The van der Waals surface area contributed by atoms with Crippen LogP contribution in [0.1, 0.15) is 31.9 Å². The van der Waals surface area contributed by atoms with Gasteiger partial charge in [0.05, 0.1) is 10.6 Å². The van der Waals surface area contributed by atoms with Gasteiger partial charge in [-0.1, -0.05) is 37.3 Å². The number of nitrogens with one attached hydrogen (secondary N) is 1. The van der Waals surface area contributed by atoms with E-state index in [1.54, 1.807) is 12.1 Å². The Morgan fingerprint density at radius 2 is 1.88 bits per heavy atom. The Morgan fingerprint density at radius 1 is 1.16 bits per heavy atom. The predicted molar refractivity (Wildman–Crippen MR) is 125 cm³/mol. The van der Waals surface area contributed by atoms with E-state index in [1.165, 1.54) is 18.2 Å². The zero-order chi connectivity index (χ0) is 22.8. The lowest BCUT2D eigenvalue weighted by atomic mass is 10.1. The van der Waals surface area contributed by atoms with Crippen molar-refractivity contribution in [1.29, 1.82) is 0 Å². The van der Waals surface area contributed by atoms with Gasteiger partial charge in [0.15, 0.2) is 0 Å². The van der Waals surface area contributed by atoms with E-state index in [9.17, 15) is 18.8 Å². The summed E-state index contributed by atoms with van der Waals surface area (Å²) < 4.78 is 15.9. The van der Waals surface area contributed by atoms with E-state index < -0.39 is 29.4 Å². The van der Waals surface area contributed by atoms with Crippen LogP contribution in [0.4, 0.5) is 14.9 Å². The lowest BCUT2D eigenvalue weighted by molar-refractivity contribution is -0.127. The van der Waals surface area contributed by atoms with Gasteiger partial charge in [-0.15, -0.1) is 0 Å². The van der Waals surface area contributed by atoms with Crippen LogP contribution in [-0.4, -0.2) is 33.1 Å². The second kappa shape index (κ2) is 9.00. The molecule has 1 aromatic heterocycles. The summed E-state index contributed by atoms with van der Waals surface area (Å²) in [6, 6.07) is 13.9. The van der Waals surface area contributed by atoms with Crippen molar-refractivity contribution in [3.05, 3.63) is 71.0 Å². The van der Waals surface area contributed by atoms with E-state index in [1.807, 2.05) is 30.5 Å². The minimum absolute atomic E-state index is 0.00197. The summed E-state index contributed by atoms with van der Waals surface area (Å²) in [7, 11) is 0. The Bertz CT molecular complexity index is 1250. The van der Waals surface area contributed by atoms with Gasteiger partial charge in [0, 0.05) is 28.7 Å². The van der Waals surface area contributed by atoms with Crippen LogP contribution in [0.15, 0.2) is 59.6 Å². The van der Waals surface area contributed by atoms with Crippen molar-refractivity contribution < 1.29 is 18.8 Å². The topological polar surface area (TPSA) is 71.4 Å². The number of para-hydroxylation sites is 2. The molecule has 1 fully saturated rings. The zero-order valence-electron chi connectivity index (χ0n) is 17.7. The first-order chi connectivity index (χ1) is 15.4. The third kappa shape index (κ3) is 4.18. The van der Waals surface area contributed by atoms with Crippen molar-refractivity contribution in [3.63, 3.8) is 0 Å². The third-order valence-corrected chi connectivity index (χ3v) is 6.35. The van der Waals surface area contributed by atoms with E-state index in [0.717, 1.165) is 39.5 Å². The Labute approximate surface area is 189 Å². The van der Waals surface area contributed by atoms with Gasteiger partial charge in [0.1, 0.15) is 12.4 Å². The molecule has 2 aromatic carbocycles. The summed E-state index contributed by atoms with van der Waals surface area (Å²) in [5.41, 5.74) is 1.89. The highest BCUT2D eigenvalue weighted by atomic mass is 32.2. The van der Waals surface area contributed by atoms with Gasteiger partial charge in [-0.25, -0.2) is 4.39 Å². The molecule has 3 aromatic rings. The van der Waals surface area contributed by atoms with E-state index in [0.29, 0.717) is 0 Å². The molecule has 1 N–H and O–H groups in total. The average molecular weight is 452 g/mol. The molecule has 1 aliphatic heterocycles. The zero-order valence-corrected chi connectivity index (χ0v) is 18.5. The number of aromatic nitrogens is 1. The van der Waals surface area contributed by atoms with Crippen LogP contribution in [0, 0.1) is 5.82 Å². The van der Waals surface area contributed by atoms with Crippen LogP contribution < -0.4 is 5.32 Å². The molecule has 1 saturated heterocycles. The first-order valence-electron chi connectivity index (χ1n) is 10.3. The molecule has 0 radical (unpaired) electrons. The quantitative estimate of drug-likeness (QED) is 0.508. The standard InChI is InChI=1S/C24H22FN3O3S/c1-3-15(2)27-13-16(17-8-4-7-11-20(17)27)12-21-23(30)28(24(31)32-21)14-22(29)26-19-10-6-5-9-18(19)25/h4-13,15H,3,14H2,1-2H3,(H,26,29)/b21-12-/t15-/m0/s1. The number of thioether (sulfide) groups is 1. The fourth-order valence-corrected chi connectivity index (χ4v) is 4.41. The molecule has 4 rings (SSSR count). The molecule has 8 heteroatoms. The summed E-state index contributed by atoms with van der Waals surface area (Å²) in [5, 5.41) is 2.85. The van der Waals surface area contributed by atoms with E-state index in [-0.39, 0.29) is 16.6 Å². The summed E-state index contributed by atoms with van der Waals surface area (Å²) in [6.07, 6.45) is 4.63. The highest BCUT2D eigenvalue weighted by Crippen LogP contribution is 2.35. The maximum absolute atomic E-state index is 13.8. The van der Waals surface area contributed by atoms with Crippen LogP contribution >= 0.6 is 11.8 Å². The normalized spacial score (nSPS) is 16.2.